The molecule has 0 saturated carbocycles. The number of aryl methyl sites for hydroxylation is 1. The third kappa shape index (κ3) is 5.11. The van der Waals surface area contributed by atoms with E-state index in [-0.39, 0.29) is 16.7 Å². The Bertz CT molecular complexity index is 1270. The van der Waals surface area contributed by atoms with Gasteiger partial charge in [-0.2, -0.15) is 13.2 Å². The first-order valence-electron chi connectivity index (χ1n) is 9.21. The Labute approximate surface area is 184 Å². The minimum absolute atomic E-state index is 0.111. The molecule has 2 heterocycles. The number of halogens is 3. The highest BCUT2D eigenvalue weighted by Gasteiger charge is 2.29. The number of oxime groups is 1. The van der Waals surface area contributed by atoms with E-state index in [4.69, 9.17) is 9.94 Å². The Morgan fingerprint density at radius 1 is 1.09 bits per heavy atom. The number of aromatic nitrogens is 3. The minimum Gasteiger partial charge on any atom is -0.457 e. The minimum atomic E-state index is -4.32. The van der Waals surface area contributed by atoms with Crippen molar-refractivity contribution in [1.82, 2.24) is 14.5 Å². The highest BCUT2D eigenvalue weighted by molar-refractivity contribution is 8.00. The largest absolute Gasteiger partial charge is 0.457 e. The van der Waals surface area contributed by atoms with Crippen LogP contribution < -0.4 is 10.1 Å². The quantitative estimate of drug-likeness (QED) is 0.161. The molecular weight excluding hydrogens is 443 g/mol. The van der Waals surface area contributed by atoms with Crippen molar-refractivity contribution in [3.8, 4) is 11.5 Å². The van der Waals surface area contributed by atoms with Crippen LogP contribution in [0.25, 0.3) is 11.0 Å². The first kappa shape index (κ1) is 21.5. The van der Waals surface area contributed by atoms with Crippen molar-refractivity contribution in [3.05, 3.63) is 66.5 Å². The summed E-state index contributed by atoms with van der Waals surface area (Å²) >= 11 is -0.158. The average Bonchev–Trinajstić information content (AvgIpc) is 3.04. The van der Waals surface area contributed by atoms with Crippen LogP contribution in [0.1, 0.15) is 5.69 Å². The van der Waals surface area contributed by atoms with E-state index in [2.05, 4.69) is 20.4 Å². The van der Waals surface area contributed by atoms with E-state index < -0.39 is 5.51 Å². The van der Waals surface area contributed by atoms with Crippen LogP contribution in [0.2, 0.25) is 0 Å². The fourth-order valence-corrected chi connectivity index (χ4v) is 3.52. The zero-order chi connectivity index (χ0) is 22.7. The summed E-state index contributed by atoms with van der Waals surface area (Å²) in [6.45, 7) is 0. The standard InChI is InChI=1S/C21H16F3N5O2S/c1-29-19-7-4-15(31-16-8-9-25-14(10-16)12-26-30)11-18(19)28-20(29)27-13-2-5-17(6-3-13)32-21(22,23)24/h2-12,30H,1H3,(H,27,28)/b26-12-. The molecule has 4 aromatic rings. The van der Waals surface area contributed by atoms with Crippen molar-refractivity contribution in [3.63, 3.8) is 0 Å². The molecule has 7 nitrogen and oxygen atoms in total. The molecule has 0 radical (unpaired) electrons. The maximum absolute atomic E-state index is 12.5. The SMILES string of the molecule is Cn1c(Nc2ccc(SC(F)(F)F)cc2)nc2cc(Oc3ccnc(/C=N\O)c3)ccc21. The van der Waals surface area contributed by atoms with Gasteiger partial charge in [-0.1, -0.05) is 5.16 Å². The first-order valence-corrected chi connectivity index (χ1v) is 10.0. The molecule has 2 aromatic heterocycles. The molecule has 0 amide bonds. The molecule has 164 valence electrons. The summed E-state index contributed by atoms with van der Waals surface area (Å²) in [7, 11) is 1.83. The molecule has 0 spiro atoms. The van der Waals surface area contributed by atoms with Crippen LogP contribution in [0.4, 0.5) is 24.8 Å². The van der Waals surface area contributed by atoms with E-state index >= 15 is 0 Å². The second kappa shape index (κ2) is 8.79. The van der Waals surface area contributed by atoms with Gasteiger partial charge in [-0.3, -0.25) is 4.98 Å². The number of pyridine rings is 1. The second-order valence-electron chi connectivity index (χ2n) is 6.61. The molecule has 2 N–H and O–H groups in total. The fourth-order valence-electron chi connectivity index (χ4n) is 2.98. The van der Waals surface area contributed by atoms with Crippen molar-refractivity contribution < 1.29 is 23.1 Å². The lowest BCUT2D eigenvalue weighted by Crippen LogP contribution is -2.00. The van der Waals surface area contributed by atoms with Gasteiger partial charge in [-0.15, -0.1) is 0 Å². The van der Waals surface area contributed by atoms with Crippen LogP contribution in [-0.2, 0) is 7.05 Å². The fraction of sp³-hybridized carbons (Fsp3) is 0.0952. The second-order valence-corrected chi connectivity index (χ2v) is 7.74. The van der Waals surface area contributed by atoms with Gasteiger partial charge < -0.3 is 19.8 Å². The molecular formula is C21H16F3N5O2S. The molecule has 2 aromatic carbocycles. The van der Waals surface area contributed by atoms with Crippen LogP contribution >= 0.6 is 11.8 Å². The molecule has 32 heavy (non-hydrogen) atoms. The molecule has 11 heteroatoms. The van der Waals surface area contributed by atoms with Gasteiger partial charge in [0.1, 0.15) is 11.5 Å². The number of imidazole rings is 1. The molecule has 0 fully saturated rings. The first-order chi connectivity index (χ1) is 15.3. The Morgan fingerprint density at radius 2 is 1.84 bits per heavy atom. The maximum atomic E-state index is 12.5. The number of rotatable bonds is 6. The van der Waals surface area contributed by atoms with Gasteiger partial charge in [0.25, 0.3) is 0 Å². The van der Waals surface area contributed by atoms with Crippen molar-refractivity contribution in [2.75, 3.05) is 5.32 Å². The number of nitrogens with zero attached hydrogens (tertiary/aromatic N) is 4. The molecule has 0 aliphatic rings. The summed E-state index contributed by atoms with van der Waals surface area (Å²) in [5.41, 5.74) is -1.76. The van der Waals surface area contributed by atoms with E-state index in [0.717, 1.165) is 5.52 Å². The normalized spacial score (nSPS) is 11.9. The van der Waals surface area contributed by atoms with Crippen LogP contribution in [0.5, 0.6) is 11.5 Å². The molecule has 0 unspecified atom stereocenters. The van der Waals surface area contributed by atoms with E-state index in [9.17, 15) is 13.2 Å². The summed E-state index contributed by atoms with van der Waals surface area (Å²) in [5.74, 6) is 1.59. The summed E-state index contributed by atoms with van der Waals surface area (Å²) < 4.78 is 45.1. The number of fused-ring (bicyclic) bond motifs is 1. The third-order valence-corrected chi connectivity index (χ3v) is 5.11. The van der Waals surface area contributed by atoms with Crippen LogP contribution in [-0.4, -0.2) is 31.5 Å². The third-order valence-electron chi connectivity index (χ3n) is 4.37. The zero-order valence-electron chi connectivity index (χ0n) is 16.5. The van der Waals surface area contributed by atoms with Crippen molar-refractivity contribution in [1.29, 1.82) is 0 Å². The Kier molecular flexibility index (Phi) is 5.91. The molecule has 0 aliphatic heterocycles. The van der Waals surface area contributed by atoms with Gasteiger partial charge in [0, 0.05) is 36.0 Å². The topological polar surface area (TPSA) is 84.6 Å². The van der Waals surface area contributed by atoms with Gasteiger partial charge in [0.05, 0.1) is 22.9 Å². The number of benzene rings is 2. The lowest BCUT2D eigenvalue weighted by molar-refractivity contribution is -0.0328. The zero-order valence-corrected chi connectivity index (χ0v) is 17.4. The van der Waals surface area contributed by atoms with Gasteiger partial charge in [0.15, 0.2) is 0 Å². The predicted octanol–water partition coefficient (Wildman–Crippen LogP) is 5.92. The smallest absolute Gasteiger partial charge is 0.446 e. The van der Waals surface area contributed by atoms with Crippen LogP contribution in [0.15, 0.2) is 70.8 Å². The highest BCUT2D eigenvalue weighted by Crippen LogP contribution is 2.37. The van der Waals surface area contributed by atoms with Gasteiger partial charge in [0.2, 0.25) is 5.95 Å². The lowest BCUT2D eigenvalue weighted by Gasteiger charge is -2.08. The molecule has 0 aliphatic carbocycles. The molecule has 0 saturated heterocycles. The number of alkyl halides is 3. The van der Waals surface area contributed by atoms with E-state index in [1.54, 1.807) is 36.4 Å². The van der Waals surface area contributed by atoms with Crippen molar-refractivity contribution in [2.45, 2.75) is 10.4 Å². The summed E-state index contributed by atoms with van der Waals surface area (Å²) in [5, 5.41) is 14.7. The Hall–Kier alpha value is -3.73. The van der Waals surface area contributed by atoms with Crippen molar-refractivity contribution >= 4 is 40.6 Å². The lowest BCUT2D eigenvalue weighted by atomic mass is 10.3. The van der Waals surface area contributed by atoms with Crippen LogP contribution in [0.3, 0.4) is 0 Å². The van der Waals surface area contributed by atoms with E-state index in [1.165, 1.54) is 24.5 Å². The van der Waals surface area contributed by atoms with Gasteiger partial charge in [-0.05, 0) is 54.2 Å². The molecule has 4 rings (SSSR count). The average molecular weight is 459 g/mol. The van der Waals surface area contributed by atoms with Gasteiger partial charge >= 0.3 is 5.51 Å². The highest BCUT2D eigenvalue weighted by atomic mass is 32.2. The van der Waals surface area contributed by atoms with Crippen LogP contribution in [0, 0.1) is 0 Å². The monoisotopic (exact) mass is 459 g/mol. The Balaban J connectivity index is 1.53. The van der Waals surface area contributed by atoms with E-state index in [0.29, 0.717) is 34.3 Å². The summed E-state index contributed by atoms with van der Waals surface area (Å²) in [6.07, 6.45) is 2.73. The number of hydrogen-bond acceptors (Lipinski definition) is 7. The van der Waals surface area contributed by atoms with Gasteiger partial charge in [-0.25, -0.2) is 4.98 Å². The molecule has 0 atom stereocenters. The maximum Gasteiger partial charge on any atom is 0.446 e. The summed E-state index contributed by atoms with van der Waals surface area (Å²) in [4.78, 5) is 8.70. The predicted molar refractivity (Wildman–Crippen MR) is 116 cm³/mol. The Morgan fingerprint density at radius 3 is 2.56 bits per heavy atom. The number of ether oxygens (including phenoxy) is 1. The van der Waals surface area contributed by atoms with Crippen molar-refractivity contribution in [2.24, 2.45) is 12.2 Å². The number of thioether (sulfide) groups is 1. The number of anilines is 2. The number of hydrogen-bond donors (Lipinski definition) is 2. The molecule has 0 bridgehead atoms. The summed E-state index contributed by atoms with van der Waals surface area (Å²) in [6, 6.07) is 14.6. The van der Waals surface area contributed by atoms with E-state index in [1.807, 2.05) is 17.7 Å². The number of nitrogens with one attached hydrogen (secondary N) is 1.